The molecule has 0 spiro atoms. The van der Waals surface area contributed by atoms with E-state index in [0.717, 1.165) is 0 Å². The van der Waals surface area contributed by atoms with Gasteiger partial charge in [-0.15, -0.1) is 0 Å². The lowest BCUT2D eigenvalue weighted by atomic mass is 10.1. The highest BCUT2D eigenvalue weighted by Gasteiger charge is 2.25. The van der Waals surface area contributed by atoms with Crippen LogP contribution in [0.5, 0.6) is 0 Å². The van der Waals surface area contributed by atoms with Crippen molar-refractivity contribution in [1.29, 1.82) is 0 Å². The Hall–Kier alpha value is -2.37. The number of para-hydroxylation sites is 1. The second-order valence-electron chi connectivity index (χ2n) is 5.14. The lowest BCUT2D eigenvalue weighted by molar-refractivity contribution is -0.131. The van der Waals surface area contributed by atoms with E-state index >= 15 is 0 Å². The van der Waals surface area contributed by atoms with Gasteiger partial charge in [0.05, 0.1) is 16.6 Å². The number of benzene rings is 1. The molecule has 0 saturated carbocycles. The minimum Gasteiger partial charge on any atom is -0.478 e. The van der Waals surface area contributed by atoms with Gasteiger partial charge in [-0.1, -0.05) is 13.0 Å². The quantitative estimate of drug-likeness (QED) is 0.933. The normalized spacial score (nSPS) is 12.4. The Kier molecular flexibility index (Phi) is 3.97. The van der Waals surface area contributed by atoms with Crippen LogP contribution in [-0.2, 0) is 11.2 Å². The monoisotopic (exact) mass is 289 g/mol. The van der Waals surface area contributed by atoms with E-state index in [1.165, 1.54) is 11.0 Å². The van der Waals surface area contributed by atoms with Gasteiger partial charge in [-0.05, 0) is 19.1 Å². The van der Waals surface area contributed by atoms with E-state index in [9.17, 15) is 14.7 Å². The van der Waals surface area contributed by atoms with Gasteiger partial charge in [0.2, 0.25) is 5.91 Å². The summed E-state index contributed by atoms with van der Waals surface area (Å²) in [5.74, 6) is -0.403. The van der Waals surface area contributed by atoms with Crippen LogP contribution in [0.1, 0.15) is 36.1 Å². The Balaban J connectivity index is 2.76. The van der Waals surface area contributed by atoms with Crippen molar-refractivity contribution >= 4 is 22.9 Å². The third kappa shape index (κ3) is 2.49. The average Bonchev–Trinajstić information content (AvgIpc) is 2.83. The van der Waals surface area contributed by atoms with E-state index in [2.05, 4.69) is 4.98 Å². The maximum Gasteiger partial charge on any atom is 0.337 e. The molecule has 0 aliphatic rings. The number of aromatic nitrogens is 2. The molecule has 1 atom stereocenters. The van der Waals surface area contributed by atoms with Crippen LogP contribution in [0.2, 0.25) is 0 Å². The average molecular weight is 289 g/mol. The summed E-state index contributed by atoms with van der Waals surface area (Å²) in [6.45, 7) is 3.70. The summed E-state index contributed by atoms with van der Waals surface area (Å²) >= 11 is 0. The van der Waals surface area contributed by atoms with E-state index in [4.69, 9.17) is 0 Å². The largest absolute Gasteiger partial charge is 0.478 e. The van der Waals surface area contributed by atoms with Crippen molar-refractivity contribution in [3.8, 4) is 0 Å². The van der Waals surface area contributed by atoms with E-state index in [0.29, 0.717) is 23.3 Å². The van der Waals surface area contributed by atoms with Gasteiger partial charge < -0.3 is 14.6 Å². The molecule has 6 heteroatoms. The minimum atomic E-state index is -1.02. The third-order valence-corrected chi connectivity index (χ3v) is 3.52. The van der Waals surface area contributed by atoms with Gasteiger partial charge in [-0.3, -0.25) is 4.79 Å². The molecule has 2 aromatic rings. The number of fused-ring (bicyclic) bond motifs is 1. The maximum absolute atomic E-state index is 12.3. The van der Waals surface area contributed by atoms with E-state index in [-0.39, 0.29) is 11.5 Å². The molecular weight excluding hydrogens is 270 g/mol. The number of aromatic carboxylic acids is 1. The summed E-state index contributed by atoms with van der Waals surface area (Å²) < 4.78 is 1.74. The minimum absolute atomic E-state index is 0.0933. The molecule has 0 fully saturated rings. The molecular formula is C15H19N3O3. The summed E-state index contributed by atoms with van der Waals surface area (Å²) in [5.41, 5.74) is 1.27. The second-order valence-corrected chi connectivity index (χ2v) is 5.14. The van der Waals surface area contributed by atoms with Crippen LogP contribution < -0.4 is 0 Å². The number of aryl methyl sites for hydroxylation is 1. The lowest BCUT2D eigenvalue weighted by Crippen LogP contribution is -2.31. The van der Waals surface area contributed by atoms with Crippen LogP contribution in [0.3, 0.4) is 0 Å². The van der Waals surface area contributed by atoms with Crippen LogP contribution >= 0.6 is 0 Å². The van der Waals surface area contributed by atoms with Crippen LogP contribution in [0, 0.1) is 0 Å². The van der Waals surface area contributed by atoms with Crippen molar-refractivity contribution in [2.45, 2.75) is 26.3 Å². The molecule has 0 saturated heterocycles. The fourth-order valence-corrected chi connectivity index (χ4v) is 2.52. The van der Waals surface area contributed by atoms with Gasteiger partial charge in [0.15, 0.2) is 0 Å². The number of rotatable bonds is 4. The number of amides is 1. The third-order valence-electron chi connectivity index (χ3n) is 3.52. The summed E-state index contributed by atoms with van der Waals surface area (Å²) in [6.07, 6.45) is 0.624. The molecule has 6 nitrogen and oxygen atoms in total. The number of carboxylic acid groups (broad SMARTS) is 1. The lowest BCUT2D eigenvalue weighted by Gasteiger charge is -2.21. The molecule has 0 aliphatic heterocycles. The molecule has 0 bridgehead atoms. The fourth-order valence-electron chi connectivity index (χ4n) is 2.52. The van der Waals surface area contributed by atoms with Crippen LogP contribution in [0.4, 0.5) is 0 Å². The predicted octanol–water partition coefficient (Wildman–Crippen LogP) is 1.95. The Labute approximate surface area is 123 Å². The van der Waals surface area contributed by atoms with E-state index in [1.54, 1.807) is 37.7 Å². The van der Waals surface area contributed by atoms with Crippen molar-refractivity contribution in [1.82, 2.24) is 14.5 Å². The first-order chi connectivity index (χ1) is 9.88. The highest BCUT2D eigenvalue weighted by atomic mass is 16.4. The number of carboxylic acids is 1. The Morgan fingerprint density at radius 3 is 2.57 bits per heavy atom. The number of carbonyl (C=O) groups is 2. The van der Waals surface area contributed by atoms with Gasteiger partial charge in [0.1, 0.15) is 11.9 Å². The Morgan fingerprint density at radius 1 is 1.38 bits per heavy atom. The van der Waals surface area contributed by atoms with Crippen LogP contribution in [0.15, 0.2) is 18.2 Å². The standard InChI is InChI=1S/C15H19N3O3/c1-5-12-16-11-8-6-7-10(15(20)21)13(11)18(12)9(2)14(19)17(3)4/h6-9H,5H2,1-4H3,(H,20,21). The van der Waals surface area contributed by atoms with Crippen molar-refractivity contribution in [2.75, 3.05) is 14.1 Å². The number of carbonyl (C=O) groups excluding carboxylic acids is 1. The molecule has 0 aliphatic carbocycles. The molecule has 1 aromatic heterocycles. The number of hydrogen-bond acceptors (Lipinski definition) is 3. The number of nitrogens with zero attached hydrogens (tertiary/aromatic N) is 3. The molecule has 21 heavy (non-hydrogen) atoms. The smallest absolute Gasteiger partial charge is 0.337 e. The summed E-state index contributed by atoms with van der Waals surface area (Å²) in [7, 11) is 3.36. The molecule has 2 rings (SSSR count). The first kappa shape index (κ1) is 15.0. The second kappa shape index (κ2) is 5.55. The fraction of sp³-hybridized carbons (Fsp3) is 0.400. The Bertz CT molecular complexity index is 703. The van der Waals surface area contributed by atoms with E-state index in [1.807, 2.05) is 6.92 Å². The summed E-state index contributed by atoms with van der Waals surface area (Å²) in [6, 6.07) is 4.47. The van der Waals surface area contributed by atoms with Crippen molar-refractivity contribution < 1.29 is 14.7 Å². The molecule has 1 N–H and O–H groups in total. The molecule has 0 radical (unpaired) electrons. The maximum atomic E-state index is 12.3. The molecule has 1 aromatic carbocycles. The first-order valence-electron chi connectivity index (χ1n) is 6.82. The van der Waals surface area contributed by atoms with Gasteiger partial charge in [-0.25, -0.2) is 9.78 Å². The Morgan fingerprint density at radius 2 is 2.05 bits per heavy atom. The zero-order chi connectivity index (χ0) is 15.7. The molecule has 1 unspecified atom stereocenters. The van der Waals surface area contributed by atoms with Gasteiger partial charge in [-0.2, -0.15) is 0 Å². The highest BCUT2D eigenvalue weighted by molar-refractivity contribution is 6.01. The molecule has 1 heterocycles. The summed E-state index contributed by atoms with van der Waals surface area (Å²) in [5, 5.41) is 9.38. The van der Waals surface area contributed by atoms with Crippen LogP contribution in [0.25, 0.3) is 11.0 Å². The van der Waals surface area contributed by atoms with Crippen molar-refractivity contribution in [3.05, 3.63) is 29.6 Å². The number of imidazole rings is 1. The first-order valence-corrected chi connectivity index (χ1v) is 6.82. The SMILES string of the molecule is CCc1nc2cccc(C(=O)O)c2n1C(C)C(=O)N(C)C. The van der Waals surface area contributed by atoms with Crippen LogP contribution in [-0.4, -0.2) is 45.5 Å². The molecule has 1 amide bonds. The zero-order valence-corrected chi connectivity index (χ0v) is 12.6. The predicted molar refractivity (Wildman–Crippen MR) is 79.5 cm³/mol. The van der Waals surface area contributed by atoms with Crippen molar-refractivity contribution in [2.24, 2.45) is 0 Å². The zero-order valence-electron chi connectivity index (χ0n) is 12.6. The van der Waals surface area contributed by atoms with Crippen molar-refractivity contribution in [3.63, 3.8) is 0 Å². The summed E-state index contributed by atoms with van der Waals surface area (Å²) in [4.78, 5) is 29.7. The topological polar surface area (TPSA) is 75.4 Å². The highest BCUT2D eigenvalue weighted by Crippen LogP contribution is 2.26. The van der Waals surface area contributed by atoms with E-state index < -0.39 is 12.0 Å². The molecule has 112 valence electrons. The van der Waals surface area contributed by atoms with Gasteiger partial charge in [0.25, 0.3) is 0 Å². The van der Waals surface area contributed by atoms with Gasteiger partial charge >= 0.3 is 5.97 Å². The number of hydrogen-bond donors (Lipinski definition) is 1. The number of likely N-dealkylation sites (N-methyl/N-ethyl adjacent to an activating group) is 1. The van der Waals surface area contributed by atoms with Gasteiger partial charge in [0, 0.05) is 20.5 Å².